The number of carbonyl (C=O) groups excluding carboxylic acids is 2. The molecule has 1 aromatic rings. The van der Waals surface area contributed by atoms with Gasteiger partial charge in [0.05, 0.1) is 11.7 Å². The maximum atomic E-state index is 14.0. The molecule has 2 amide bonds. The maximum absolute atomic E-state index is 14.0. The van der Waals surface area contributed by atoms with Gasteiger partial charge in [0.2, 0.25) is 11.8 Å². The monoisotopic (exact) mass is 548 g/mol. The van der Waals surface area contributed by atoms with Crippen LogP contribution in [0.2, 0.25) is 0 Å². The van der Waals surface area contributed by atoms with Gasteiger partial charge < -0.3 is 15.1 Å². The minimum atomic E-state index is -0.465. The number of carbonyl (C=O) groups is 2. The Hall–Kier alpha value is -3.11. The van der Waals surface area contributed by atoms with E-state index in [4.69, 9.17) is 0 Å². The molecule has 0 bridgehead atoms. The first-order chi connectivity index (χ1) is 19.4. The molecule has 4 heterocycles. The first-order valence-electron chi connectivity index (χ1n) is 14.8. The molecule has 4 atom stereocenters. The number of hydrogen-bond donors (Lipinski definition) is 1. The molecule has 1 aliphatic carbocycles. The van der Waals surface area contributed by atoms with Crippen molar-refractivity contribution in [3.05, 3.63) is 53.5 Å². The fourth-order valence-electron chi connectivity index (χ4n) is 6.52. The number of pyridine rings is 1. The zero-order valence-corrected chi connectivity index (χ0v) is 24.2. The van der Waals surface area contributed by atoms with E-state index < -0.39 is 6.04 Å². The van der Waals surface area contributed by atoms with E-state index in [1.807, 2.05) is 49.2 Å². The Labute approximate surface area is 238 Å². The molecule has 2 saturated heterocycles. The Balaban J connectivity index is 1.24. The summed E-state index contributed by atoms with van der Waals surface area (Å²) in [4.78, 5) is 38.2. The number of likely N-dealkylation sites (tertiary alicyclic amines) is 2. The molecular weight excluding hydrogens is 504 g/mol. The van der Waals surface area contributed by atoms with E-state index in [-0.39, 0.29) is 29.8 Å². The van der Waals surface area contributed by atoms with Crippen LogP contribution in [0.4, 0.5) is 0 Å². The predicted molar refractivity (Wildman–Crippen MR) is 154 cm³/mol. The summed E-state index contributed by atoms with van der Waals surface area (Å²) in [6.45, 7) is 4.42. The maximum Gasteiger partial charge on any atom is 0.243 e. The van der Waals surface area contributed by atoms with Crippen molar-refractivity contribution < 1.29 is 9.59 Å². The number of hydrogen-bond acceptors (Lipinski definition) is 8. The quantitative estimate of drug-likeness (QED) is 0.457. The third-order valence-electron chi connectivity index (χ3n) is 8.78. The van der Waals surface area contributed by atoms with Gasteiger partial charge in [-0.15, -0.1) is 0 Å². The van der Waals surface area contributed by atoms with Gasteiger partial charge in [-0.05, 0) is 108 Å². The molecule has 216 valence electrons. The van der Waals surface area contributed by atoms with Crippen LogP contribution in [0.1, 0.15) is 44.1 Å². The fourth-order valence-corrected chi connectivity index (χ4v) is 6.52. The van der Waals surface area contributed by atoms with Gasteiger partial charge in [-0.2, -0.15) is 5.11 Å². The van der Waals surface area contributed by atoms with Crippen molar-refractivity contribution in [3.8, 4) is 0 Å². The van der Waals surface area contributed by atoms with Crippen LogP contribution in [0.25, 0.3) is 0 Å². The molecule has 0 aromatic carbocycles. The van der Waals surface area contributed by atoms with Crippen molar-refractivity contribution in [1.29, 1.82) is 0 Å². The molecule has 40 heavy (non-hydrogen) atoms. The number of amides is 2. The average molecular weight is 549 g/mol. The Morgan fingerprint density at radius 2 is 1.93 bits per heavy atom. The number of nitrogens with one attached hydrogen (secondary N) is 1. The largest absolute Gasteiger partial charge is 0.351 e. The molecule has 0 spiro atoms. The zero-order chi connectivity index (χ0) is 28.1. The lowest BCUT2D eigenvalue weighted by molar-refractivity contribution is -0.142. The summed E-state index contributed by atoms with van der Waals surface area (Å²) < 4.78 is 0. The van der Waals surface area contributed by atoms with Crippen LogP contribution in [0, 0.1) is 5.92 Å². The standard InChI is InChI=1S/C30H44N8O2/c1-35(2)27(7-6-16-37-14-4-5-15-37)30(40)38-21-24(17-22-10-12-31-13-11-22)19-28(38)29(39)32-20-23-8-9-26-25(18-23)33-34-36(26)3/h8-13,24-25,27-28H,4-7,14-21H2,1-3H3,(H,32,39). The first-order valence-corrected chi connectivity index (χ1v) is 14.8. The second-order valence-electron chi connectivity index (χ2n) is 11.9. The van der Waals surface area contributed by atoms with Crippen LogP contribution >= 0.6 is 0 Å². The highest BCUT2D eigenvalue weighted by atomic mass is 16.2. The molecule has 5 rings (SSSR count). The number of likely N-dealkylation sites (N-methyl/N-ethyl adjacent to an activating group) is 2. The van der Waals surface area contributed by atoms with Gasteiger partial charge >= 0.3 is 0 Å². The summed E-state index contributed by atoms with van der Waals surface area (Å²) in [6.07, 6.45) is 14.3. The third-order valence-corrected chi connectivity index (χ3v) is 8.78. The van der Waals surface area contributed by atoms with E-state index in [0.29, 0.717) is 19.5 Å². The van der Waals surface area contributed by atoms with Crippen LogP contribution in [0.3, 0.4) is 0 Å². The summed E-state index contributed by atoms with van der Waals surface area (Å²) in [5, 5.41) is 13.4. The summed E-state index contributed by atoms with van der Waals surface area (Å²) in [5.41, 5.74) is 3.39. The molecular formula is C30H44N8O2. The molecule has 1 aromatic heterocycles. The summed E-state index contributed by atoms with van der Waals surface area (Å²) in [5.74, 6) is 0.229. The van der Waals surface area contributed by atoms with Crippen molar-refractivity contribution >= 4 is 11.8 Å². The van der Waals surface area contributed by atoms with Crippen molar-refractivity contribution in [2.24, 2.45) is 16.3 Å². The Morgan fingerprint density at radius 3 is 2.67 bits per heavy atom. The molecule has 2 fully saturated rings. The van der Waals surface area contributed by atoms with E-state index in [0.717, 1.165) is 43.5 Å². The van der Waals surface area contributed by atoms with Gasteiger partial charge in [0, 0.05) is 39.0 Å². The first kappa shape index (κ1) is 28.4. The predicted octanol–water partition coefficient (Wildman–Crippen LogP) is 2.66. The molecule has 10 nitrogen and oxygen atoms in total. The lowest BCUT2D eigenvalue weighted by Gasteiger charge is -2.32. The molecule has 4 aliphatic rings. The van der Waals surface area contributed by atoms with E-state index >= 15 is 0 Å². The SMILES string of the molecule is CN1N=NC2CC(CNC(=O)C3CC(Cc4ccncc4)CN3C(=O)C(CCCN3CCCC3)N(C)C)=CC=C21. The molecule has 10 heteroatoms. The van der Waals surface area contributed by atoms with Gasteiger partial charge in [0.15, 0.2) is 0 Å². The molecule has 1 N–H and O–H groups in total. The third kappa shape index (κ3) is 6.78. The molecule has 0 saturated carbocycles. The van der Waals surface area contributed by atoms with Gasteiger partial charge in [-0.3, -0.25) is 24.5 Å². The number of nitrogens with zero attached hydrogens (tertiary/aromatic N) is 7. The van der Waals surface area contributed by atoms with E-state index in [2.05, 4.69) is 31.6 Å². The Bertz CT molecular complexity index is 1130. The zero-order valence-electron chi connectivity index (χ0n) is 24.2. The van der Waals surface area contributed by atoms with Crippen LogP contribution in [-0.2, 0) is 16.0 Å². The van der Waals surface area contributed by atoms with E-state index in [9.17, 15) is 9.59 Å². The molecule has 3 aliphatic heterocycles. The smallest absolute Gasteiger partial charge is 0.243 e. The summed E-state index contributed by atoms with van der Waals surface area (Å²) >= 11 is 0. The van der Waals surface area contributed by atoms with Crippen molar-refractivity contribution in [2.75, 3.05) is 53.9 Å². The second-order valence-corrected chi connectivity index (χ2v) is 11.9. The van der Waals surface area contributed by atoms with E-state index in [1.54, 1.807) is 17.4 Å². The van der Waals surface area contributed by atoms with Gasteiger partial charge in [-0.1, -0.05) is 11.3 Å². The lowest BCUT2D eigenvalue weighted by Crippen LogP contribution is -2.52. The molecule has 4 unspecified atom stereocenters. The fraction of sp³-hybridized carbons (Fsp3) is 0.633. The van der Waals surface area contributed by atoms with Crippen molar-refractivity contribution in [2.45, 2.75) is 63.1 Å². The minimum absolute atomic E-state index is 0.0256. The number of fused-ring (bicyclic) bond motifs is 1. The number of rotatable bonds is 11. The van der Waals surface area contributed by atoms with Crippen LogP contribution < -0.4 is 5.32 Å². The van der Waals surface area contributed by atoms with Crippen molar-refractivity contribution in [1.82, 2.24) is 30.0 Å². The second kappa shape index (κ2) is 13.0. The normalized spacial score (nSPS) is 25.2. The highest BCUT2D eigenvalue weighted by Gasteiger charge is 2.42. The van der Waals surface area contributed by atoms with Gasteiger partial charge in [0.1, 0.15) is 12.1 Å². The topological polar surface area (TPSA) is 96.7 Å². The highest BCUT2D eigenvalue weighted by Crippen LogP contribution is 2.30. The van der Waals surface area contributed by atoms with Gasteiger partial charge in [-0.25, -0.2) is 0 Å². The highest BCUT2D eigenvalue weighted by molar-refractivity contribution is 5.90. The van der Waals surface area contributed by atoms with Crippen LogP contribution in [0.5, 0.6) is 0 Å². The Kier molecular flexibility index (Phi) is 9.26. The van der Waals surface area contributed by atoms with Crippen molar-refractivity contribution in [3.63, 3.8) is 0 Å². The summed E-state index contributed by atoms with van der Waals surface area (Å²) in [6, 6.07) is 3.38. The minimum Gasteiger partial charge on any atom is -0.351 e. The van der Waals surface area contributed by atoms with Crippen LogP contribution in [0.15, 0.2) is 58.3 Å². The number of allylic oxidation sites excluding steroid dienone is 2. The average Bonchev–Trinajstić information content (AvgIpc) is 3.71. The van der Waals surface area contributed by atoms with Crippen LogP contribution in [-0.4, -0.2) is 108 Å². The molecule has 0 radical (unpaired) electrons. The van der Waals surface area contributed by atoms with E-state index in [1.165, 1.54) is 31.5 Å². The number of aromatic nitrogens is 1. The summed E-state index contributed by atoms with van der Waals surface area (Å²) in [7, 11) is 5.86. The Morgan fingerprint density at radius 1 is 1.15 bits per heavy atom. The lowest BCUT2D eigenvalue weighted by atomic mass is 9.96. The van der Waals surface area contributed by atoms with Gasteiger partial charge in [0.25, 0.3) is 0 Å².